The van der Waals surface area contributed by atoms with Gasteiger partial charge in [0.15, 0.2) is 6.29 Å². The normalized spacial score (nSPS) is 22.7. The van der Waals surface area contributed by atoms with Crippen LogP contribution in [-0.2, 0) is 9.47 Å². The number of ether oxygens (including phenoxy) is 2. The van der Waals surface area contributed by atoms with Crippen LogP contribution < -0.4 is 4.90 Å². The van der Waals surface area contributed by atoms with Crippen LogP contribution in [0.5, 0.6) is 0 Å². The van der Waals surface area contributed by atoms with E-state index in [1.165, 1.54) is 0 Å². The highest BCUT2D eigenvalue weighted by molar-refractivity contribution is 6.30. The van der Waals surface area contributed by atoms with Crippen LogP contribution in [0.3, 0.4) is 0 Å². The third kappa shape index (κ3) is 4.69. The molecule has 3 heterocycles. The number of halogens is 3. The minimum atomic E-state index is -1.09. The highest BCUT2D eigenvalue weighted by Crippen LogP contribution is 2.33. The fraction of sp³-hybridized carbons (Fsp3) is 0.476. The monoisotopic (exact) mass is 434 g/mol. The van der Waals surface area contributed by atoms with Crippen molar-refractivity contribution in [1.29, 1.82) is 5.26 Å². The largest absolute Gasteiger partial charge is 0.348 e. The van der Waals surface area contributed by atoms with Crippen molar-refractivity contribution in [2.45, 2.75) is 25.6 Å². The van der Waals surface area contributed by atoms with Gasteiger partial charge in [0.25, 0.3) is 0 Å². The predicted octanol–water partition coefficient (Wildman–Crippen LogP) is 4.25. The van der Waals surface area contributed by atoms with Gasteiger partial charge >= 0.3 is 0 Å². The molecule has 0 atom stereocenters. The quantitative estimate of drug-likeness (QED) is 0.716. The Bertz CT molecular complexity index is 899. The molecule has 4 rings (SSSR count). The molecule has 2 aromatic rings. The van der Waals surface area contributed by atoms with Gasteiger partial charge in [-0.3, -0.25) is 0 Å². The molecular weight excluding hydrogens is 414 g/mol. The number of rotatable bonds is 4. The first-order chi connectivity index (χ1) is 14.5. The summed E-state index contributed by atoms with van der Waals surface area (Å²) in [5.41, 5.74) is -0.346. The van der Waals surface area contributed by atoms with Crippen molar-refractivity contribution in [3.8, 4) is 6.07 Å². The second-order valence-electron chi connectivity index (χ2n) is 7.70. The molecule has 0 unspecified atom stereocenters. The minimum absolute atomic E-state index is 0.0715. The molecule has 30 heavy (non-hydrogen) atoms. The van der Waals surface area contributed by atoms with E-state index < -0.39 is 17.9 Å². The second-order valence-corrected chi connectivity index (χ2v) is 8.13. The molecule has 0 saturated carbocycles. The van der Waals surface area contributed by atoms with Crippen LogP contribution in [0.15, 0.2) is 24.5 Å². The van der Waals surface area contributed by atoms with Crippen LogP contribution >= 0.6 is 11.6 Å². The molecule has 0 radical (unpaired) electrons. The van der Waals surface area contributed by atoms with Gasteiger partial charge in [0.2, 0.25) is 5.95 Å². The lowest BCUT2D eigenvalue weighted by atomic mass is 9.87. The summed E-state index contributed by atoms with van der Waals surface area (Å²) in [6, 6.07) is 3.72. The SMILES string of the molecule is N#Cc1cc(F)c([C@H]2OC[C@@H](CC3CCN(c4ncc(Cl)cn4)CC3)CO2)c(F)c1. The van der Waals surface area contributed by atoms with Gasteiger partial charge in [0.05, 0.1) is 47.8 Å². The number of nitrogens with zero attached hydrogens (tertiary/aromatic N) is 4. The van der Waals surface area contributed by atoms with Crippen LogP contribution in [0.4, 0.5) is 14.7 Å². The average molecular weight is 435 g/mol. The van der Waals surface area contributed by atoms with E-state index in [1.807, 2.05) is 0 Å². The van der Waals surface area contributed by atoms with Crippen LogP contribution in [0.1, 0.15) is 36.7 Å². The summed E-state index contributed by atoms with van der Waals surface area (Å²) < 4.78 is 39.6. The zero-order chi connectivity index (χ0) is 21.1. The number of hydrogen-bond donors (Lipinski definition) is 0. The maximum absolute atomic E-state index is 14.2. The van der Waals surface area contributed by atoms with E-state index in [2.05, 4.69) is 14.9 Å². The van der Waals surface area contributed by atoms with Crippen molar-refractivity contribution in [1.82, 2.24) is 9.97 Å². The summed E-state index contributed by atoms with van der Waals surface area (Å²) in [6.07, 6.45) is 5.05. The highest BCUT2D eigenvalue weighted by Gasteiger charge is 2.31. The summed E-state index contributed by atoms with van der Waals surface area (Å²) in [7, 11) is 0. The maximum atomic E-state index is 14.2. The molecule has 2 aliphatic heterocycles. The lowest BCUT2D eigenvalue weighted by Gasteiger charge is -2.35. The molecule has 2 saturated heterocycles. The first-order valence-electron chi connectivity index (χ1n) is 9.88. The molecule has 1 aromatic heterocycles. The molecule has 1 aromatic carbocycles. The van der Waals surface area contributed by atoms with E-state index in [9.17, 15) is 8.78 Å². The fourth-order valence-corrected chi connectivity index (χ4v) is 4.13. The Kier molecular flexibility index (Phi) is 6.42. The number of nitriles is 1. The topological polar surface area (TPSA) is 71.3 Å². The highest BCUT2D eigenvalue weighted by atomic mass is 35.5. The fourth-order valence-electron chi connectivity index (χ4n) is 4.03. The summed E-state index contributed by atoms with van der Waals surface area (Å²) >= 11 is 5.84. The third-order valence-corrected chi connectivity index (χ3v) is 5.78. The number of piperidine rings is 1. The van der Waals surface area contributed by atoms with Crippen molar-refractivity contribution in [3.63, 3.8) is 0 Å². The van der Waals surface area contributed by atoms with Crippen LogP contribution in [0.2, 0.25) is 5.02 Å². The summed E-state index contributed by atoms with van der Waals surface area (Å²) in [4.78, 5) is 10.7. The summed E-state index contributed by atoms with van der Waals surface area (Å²) in [6.45, 7) is 2.49. The predicted molar refractivity (Wildman–Crippen MR) is 106 cm³/mol. The Morgan fingerprint density at radius 3 is 2.23 bits per heavy atom. The standard InChI is InChI=1S/C21H21ClF2N4O2/c22-16-9-26-21(27-10-16)28-3-1-13(2-4-28)5-15-11-29-20(30-12-15)19-17(23)6-14(8-25)7-18(19)24/h6-7,9-10,13,15,20H,1-5,11-12H2/t15-,20+. The first kappa shape index (κ1) is 20.9. The van der Waals surface area contributed by atoms with Gasteiger partial charge in [0, 0.05) is 19.0 Å². The molecule has 158 valence electrons. The number of benzene rings is 1. The second kappa shape index (κ2) is 9.21. The smallest absolute Gasteiger partial charge is 0.225 e. The number of hydrogen-bond acceptors (Lipinski definition) is 6. The van der Waals surface area contributed by atoms with E-state index in [0.717, 1.165) is 44.5 Å². The molecule has 2 aliphatic rings. The molecular formula is C21H21ClF2N4O2. The number of anilines is 1. The van der Waals surface area contributed by atoms with Gasteiger partial charge in [0.1, 0.15) is 11.6 Å². The van der Waals surface area contributed by atoms with Crippen molar-refractivity contribution >= 4 is 17.5 Å². The lowest BCUT2D eigenvalue weighted by molar-refractivity contribution is -0.210. The summed E-state index contributed by atoms with van der Waals surface area (Å²) in [5, 5.41) is 9.33. The van der Waals surface area contributed by atoms with Crippen molar-refractivity contribution in [2.75, 3.05) is 31.2 Å². The Labute approximate surface area is 178 Å². The molecule has 0 spiro atoms. The molecule has 0 amide bonds. The molecule has 0 aliphatic carbocycles. The Hall–Kier alpha value is -2.34. The van der Waals surface area contributed by atoms with Crippen molar-refractivity contribution < 1.29 is 18.3 Å². The van der Waals surface area contributed by atoms with Gasteiger partial charge < -0.3 is 14.4 Å². The molecule has 2 fully saturated rings. The Balaban J connectivity index is 1.27. The first-order valence-corrected chi connectivity index (χ1v) is 10.3. The van der Waals surface area contributed by atoms with E-state index in [1.54, 1.807) is 18.5 Å². The van der Waals surface area contributed by atoms with Gasteiger partial charge in [-0.25, -0.2) is 18.7 Å². The van der Waals surface area contributed by atoms with Gasteiger partial charge in [-0.1, -0.05) is 11.6 Å². The number of aromatic nitrogens is 2. The van der Waals surface area contributed by atoms with Gasteiger partial charge in [-0.05, 0) is 37.3 Å². The van der Waals surface area contributed by atoms with E-state index in [0.29, 0.717) is 30.1 Å². The maximum Gasteiger partial charge on any atom is 0.225 e. The average Bonchev–Trinajstić information content (AvgIpc) is 2.75. The Morgan fingerprint density at radius 1 is 1.07 bits per heavy atom. The van der Waals surface area contributed by atoms with Gasteiger partial charge in [-0.15, -0.1) is 0 Å². The lowest BCUT2D eigenvalue weighted by Crippen LogP contribution is -2.37. The molecule has 0 bridgehead atoms. The van der Waals surface area contributed by atoms with Crippen LogP contribution in [0.25, 0.3) is 0 Å². The molecule has 0 N–H and O–H groups in total. The zero-order valence-corrected chi connectivity index (χ0v) is 17.0. The Morgan fingerprint density at radius 2 is 1.67 bits per heavy atom. The van der Waals surface area contributed by atoms with Crippen molar-refractivity contribution in [3.05, 3.63) is 52.3 Å². The minimum Gasteiger partial charge on any atom is -0.348 e. The van der Waals surface area contributed by atoms with Crippen LogP contribution in [0, 0.1) is 34.8 Å². The molecule has 9 heteroatoms. The van der Waals surface area contributed by atoms with Crippen LogP contribution in [-0.4, -0.2) is 36.3 Å². The van der Waals surface area contributed by atoms with Crippen molar-refractivity contribution in [2.24, 2.45) is 11.8 Å². The summed E-state index contributed by atoms with van der Waals surface area (Å²) in [5.74, 6) is -0.269. The van der Waals surface area contributed by atoms with E-state index in [-0.39, 0.29) is 17.0 Å². The zero-order valence-electron chi connectivity index (χ0n) is 16.2. The molecule has 6 nitrogen and oxygen atoms in total. The van der Waals surface area contributed by atoms with E-state index in [4.69, 9.17) is 26.3 Å². The van der Waals surface area contributed by atoms with E-state index >= 15 is 0 Å². The third-order valence-electron chi connectivity index (χ3n) is 5.58. The van der Waals surface area contributed by atoms with Gasteiger partial charge in [-0.2, -0.15) is 5.26 Å².